The number of primary amides is 1. The predicted octanol–water partition coefficient (Wildman–Crippen LogP) is 1.58. The van der Waals surface area contributed by atoms with Gasteiger partial charge in [-0.15, -0.1) is 0 Å². The van der Waals surface area contributed by atoms with Crippen LogP contribution in [-0.2, 0) is 4.79 Å². The number of carbonyl (C=O) groups excluding carboxylic acids is 1. The van der Waals surface area contributed by atoms with E-state index < -0.39 is 0 Å². The Morgan fingerprint density at radius 1 is 1.57 bits per heavy atom. The van der Waals surface area contributed by atoms with E-state index in [0.29, 0.717) is 0 Å². The highest BCUT2D eigenvalue weighted by atomic mass is 16.5. The third kappa shape index (κ3) is 3.31. The topological polar surface area (TPSA) is 52.3 Å². The molecule has 0 fully saturated rings. The third-order valence-corrected chi connectivity index (χ3v) is 1.72. The molecule has 2 N–H and O–H groups in total. The molecule has 1 rings (SSSR count). The van der Waals surface area contributed by atoms with Gasteiger partial charge in [0, 0.05) is 6.42 Å². The predicted molar refractivity (Wildman–Crippen MR) is 55.8 cm³/mol. The van der Waals surface area contributed by atoms with Gasteiger partial charge in [0.15, 0.2) is 0 Å². The molecular weight excluding hydrogens is 178 g/mol. The molecular formula is C11H13NO2. The van der Waals surface area contributed by atoms with Gasteiger partial charge in [-0.05, 0) is 17.7 Å². The van der Waals surface area contributed by atoms with Gasteiger partial charge < -0.3 is 10.5 Å². The summed E-state index contributed by atoms with van der Waals surface area (Å²) in [5, 5.41) is 0. The summed E-state index contributed by atoms with van der Waals surface area (Å²) in [6.45, 7) is 0. The molecule has 74 valence electrons. The van der Waals surface area contributed by atoms with E-state index in [-0.39, 0.29) is 12.3 Å². The Bertz CT molecular complexity index is 345. The van der Waals surface area contributed by atoms with Crippen LogP contribution in [0.4, 0.5) is 0 Å². The molecule has 0 aromatic heterocycles. The molecule has 3 nitrogen and oxygen atoms in total. The summed E-state index contributed by atoms with van der Waals surface area (Å²) in [6, 6.07) is 7.58. The molecule has 1 amide bonds. The number of benzene rings is 1. The van der Waals surface area contributed by atoms with Crippen molar-refractivity contribution in [3.05, 3.63) is 35.9 Å². The monoisotopic (exact) mass is 191 g/mol. The van der Waals surface area contributed by atoms with Gasteiger partial charge in [-0.3, -0.25) is 4.79 Å². The van der Waals surface area contributed by atoms with Crippen LogP contribution in [0, 0.1) is 0 Å². The maximum Gasteiger partial charge on any atom is 0.221 e. The molecule has 0 spiro atoms. The van der Waals surface area contributed by atoms with E-state index in [1.165, 1.54) is 0 Å². The zero-order valence-electron chi connectivity index (χ0n) is 8.07. The lowest BCUT2D eigenvalue weighted by molar-refractivity contribution is -0.117. The van der Waals surface area contributed by atoms with Crippen LogP contribution in [0.1, 0.15) is 12.0 Å². The van der Waals surface area contributed by atoms with Crippen LogP contribution in [0.3, 0.4) is 0 Å². The van der Waals surface area contributed by atoms with E-state index in [4.69, 9.17) is 10.5 Å². The van der Waals surface area contributed by atoms with E-state index in [1.54, 1.807) is 13.2 Å². The van der Waals surface area contributed by atoms with Crippen molar-refractivity contribution in [3.63, 3.8) is 0 Å². The summed E-state index contributed by atoms with van der Waals surface area (Å²) >= 11 is 0. The molecule has 0 radical (unpaired) electrons. The molecule has 0 aliphatic carbocycles. The fourth-order valence-electron chi connectivity index (χ4n) is 1.06. The quantitative estimate of drug-likeness (QED) is 0.785. The zero-order valence-corrected chi connectivity index (χ0v) is 8.07. The maximum atomic E-state index is 10.5. The molecule has 0 aliphatic rings. The highest BCUT2D eigenvalue weighted by Gasteiger charge is 1.91. The fraction of sp³-hybridized carbons (Fsp3) is 0.182. The van der Waals surface area contributed by atoms with Crippen molar-refractivity contribution in [1.29, 1.82) is 0 Å². The first kappa shape index (κ1) is 10.3. The number of hydrogen-bond donors (Lipinski definition) is 1. The minimum absolute atomic E-state index is 0.261. The molecule has 3 heteroatoms. The highest BCUT2D eigenvalue weighted by molar-refractivity contribution is 5.76. The third-order valence-electron chi connectivity index (χ3n) is 1.72. The first-order valence-electron chi connectivity index (χ1n) is 4.31. The van der Waals surface area contributed by atoms with Crippen LogP contribution in [0.5, 0.6) is 5.75 Å². The van der Waals surface area contributed by atoms with Gasteiger partial charge in [0.25, 0.3) is 0 Å². The molecule has 0 aliphatic heterocycles. The Labute approximate surface area is 83.2 Å². The Balaban J connectivity index is 2.66. The maximum absolute atomic E-state index is 10.5. The standard InChI is InChI=1S/C11H13NO2/c1-14-10-6-2-4-9(8-10)5-3-7-11(12)13/h2-6,8H,7H2,1H3,(H2,12,13). The zero-order chi connectivity index (χ0) is 10.4. The van der Waals surface area contributed by atoms with Crippen LogP contribution >= 0.6 is 0 Å². The first-order valence-corrected chi connectivity index (χ1v) is 4.31. The van der Waals surface area contributed by atoms with Crippen LogP contribution in [0.15, 0.2) is 30.3 Å². The number of methoxy groups -OCH3 is 1. The van der Waals surface area contributed by atoms with Gasteiger partial charge >= 0.3 is 0 Å². The van der Waals surface area contributed by atoms with Crippen molar-refractivity contribution >= 4 is 12.0 Å². The molecule has 14 heavy (non-hydrogen) atoms. The minimum atomic E-state index is -0.329. The van der Waals surface area contributed by atoms with Crippen LogP contribution in [0.2, 0.25) is 0 Å². The molecule has 0 unspecified atom stereocenters. The highest BCUT2D eigenvalue weighted by Crippen LogP contribution is 2.13. The Morgan fingerprint density at radius 2 is 2.36 bits per heavy atom. The van der Waals surface area contributed by atoms with Crippen LogP contribution in [-0.4, -0.2) is 13.0 Å². The summed E-state index contributed by atoms with van der Waals surface area (Å²) in [5.74, 6) is 0.468. The van der Waals surface area contributed by atoms with Crippen molar-refractivity contribution in [2.24, 2.45) is 5.73 Å². The SMILES string of the molecule is COc1cccc(C=CCC(N)=O)c1. The van der Waals surface area contributed by atoms with Gasteiger partial charge in [0.1, 0.15) is 5.75 Å². The van der Waals surface area contributed by atoms with E-state index >= 15 is 0 Å². The Hall–Kier alpha value is -1.77. The van der Waals surface area contributed by atoms with Crippen molar-refractivity contribution < 1.29 is 9.53 Å². The van der Waals surface area contributed by atoms with Gasteiger partial charge in [-0.25, -0.2) is 0 Å². The lowest BCUT2D eigenvalue weighted by Gasteiger charge is -1.99. The Kier molecular flexibility index (Phi) is 3.73. The lowest BCUT2D eigenvalue weighted by atomic mass is 10.2. The average molecular weight is 191 g/mol. The summed E-state index contributed by atoms with van der Waals surface area (Å²) in [6.07, 6.45) is 3.83. The molecule has 0 heterocycles. The summed E-state index contributed by atoms with van der Waals surface area (Å²) < 4.78 is 5.06. The van der Waals surface area contributed by atoms with Crippen LogP contribution < -0.4 is 10.5 Å². The number of amides is 1. The van der Waals surface area contributed by atoms with E-state index in [9.17, 15) is 4.79 Å². The van der Waals surface area contributed by atoms with Gasteiger partial charge in [-0.2, -0.15) is 0 Å². The minimum Gasteiger partial charge on any atom is -0.497 e. The van der Waals surface area contributed by atoms with Crippen molar-refractivity contribution in [3.8, 4) is 5.75 Å². The normalized spacial score (nSPS) is 10.4. The number of carbonyl (C=O) groups is 1. The van der Waals surface area contributed by atoms with E-state index in [1.807, 2.05) is 30.3 Å². The first-order chi connectivity index (χ1) is 6.72. The van der Waals surface area contributed by atoms with Crippen molar-refractivity contribution in [1.82, 2.24) is 0 Å². The summed E-state index contributed by atoms with van der Waals surface area (Å²) in [7, 11) is 1.62. The second-order valence-electron chi connectivity index (χ2n) is 2.85. The lowest BCUT2D eigenvalue weighted by Crippen LogP contribution is -2.07. The smallest absolute Gasteiger partial charge is 0.221 e. The fourth-order valence-corrected chi connectivity index (χ4v) is 1.06. The molecule has 1 aromatic rings. The summed E-state index contributed by atoms with van der Waals surface area (Å²) in [4.78, 5) is 10.5. The van der Waals surface area contributed by atoms with Crippen molar-refractivity contribution in [2.75, 3.05) is 7.11 Å². The molecule has 0 saturated carbocycles. The second-order valence-corrected chi connectivity index (χ2v) is 2.85. The Morgan fingerprint density at radius 3 is 3.00 bits per heavy atom. The molecule has 0 atom stereocenters. The number of hydrogen-bond acceptors (Lipinski definition) is 2. The van der Waals surface area contributed by atoms with E-state index in [2.05, 4.69) is 0 Å². The van der Waals surface area contributed by atoms with Crippen LogP contribution in [0.25, 0.3) is 6.08 Å². The molecule has 0 bridgehead atoms. The van der Waals surface area contributed by atoms with E-state index in [0.717, 1.165) is 11.3 Å². The largest absolute Gasteiger partial charge is 0.497 e. The molecule has 0 saturated heterocycles. The number of nitrogens with two attached hydrogens (primary N) is 1. The second kappa shape index (κ2) is 5.07. The van der Waals surface area contributed by atoms with Crippen molar-refractivity contribution in [2.45, 2.75) is 6.42 Å². The molecule has 1 aromatic carbocycles. The summed E-state index contributed by atoms with van der Waals surface area (Å²) in [5.41, 5.74) is 5.99. The number of rotatable bonds is 4. The average Bonchev–Trinajstić information content (AvgIpc) is 2.18. The van der Waals surface area contributed by atoms with Gasteiger partial charge in [0.2, 0.25) is 5.91 Å². The number of ether oxygens (including phenoxy) is 1. The van der Waals surface area contributed by atoms with Gasteiger partial charge in [0.05, 0.1) is 7.11 Å². The van der Waals surface area contributed by atoms with Gasteiger partial charge in [-0.1, -0.05) is 24.3 Å².